The Morgan fingerprint density at radius 2 is 2.00 bits per heavy atom. The van der Waals surface area contributed by atoms with Gasteiger partial charge in [0, 0.05) is 0 Å². The van der Waals surface area contributed by atoms with Gasteiger partial charge in [0.05, 0.1) is 6.61 Å². The summed E-state index contributed by atoms with van der Waals surface area (Å²) in [5.41, 5.74) is 1.00. The number of rotatable bonds is 3. The third-order valence-corrected chi connectivity index (χ3v) is 1.94. The monoisotopic (exact) mass is 176 g/mol. The van der Waals surface area contributed by atoms with Gasteiger partial charge in [-0.1, -0.05) is 42.6 Å². The summed E-state index contributed by atoms with van der Waals surface area (Å²) in [6.07, 6.45) is 0. The van der Waals surface area contributed by atoms with Crippen molar-refractivity contribution in [2.45, 2.75) is 13.7 Å². The molecule has 13 heavy (non-hydrogen) atoms. The normalized spacial score (nSPS) is 9.38. The molecule has 0 unspecified atom stereocenters. The predicted molar refractivity (Wildman–Crippen MR) is 54.7 cm³/mol. The van der Waals surface area contributed by atoms with Crippen LogP contribution in [0, 0.1) is 0 Å². The highest BCUT2D eigenvalue weighted by molar-refractivity contribution is 6.97. The molecule has 0 spiro atoms. The van der Waals surface area contributed by atoms with E-state index in [1.165, 1.54) is 0 Å². The second kappa shape index (κ2) is 4.70. The van der Waals surface area contributed by atoms with Crippen LogP contribution in [0.5, 0.6) is 0 Å². The number of ether oxygens (including phenoxy) is 1. The van der Waals surface area contributed by atoms with E-state index < -0.39 is 0 Å². The van der Waals surface area contributed by atoms with Crippen LogP contribution < -0.4 is 5.46 Å². The summed E-state index contributed by atoms with van der Waals surface area (Å²) in [5, 5.41) is 0. The fraction of sp³-hybridized carbons (Fsp3) is 0.300. The summed E-state index contributed by atoms with van der Waals surface area (Å²) < 4.78 is 4.92. The molecule has 1 aromatic rings. The van der Waals surface area contributed by atoms with Crippen LogP contribution in [0.4, 0.5) is 4.79 Å². The molecule has 2 nitrogen and oxygen atoms in total. The largest absolute Gasteiger partial charge is 0.474 e. The molecule has 0 aliphatic carbocycles. The molecular weight excluding hydrogens is 163 g/mol. The number of carbonyl (C=O) groups excluding carboxylic acids is 1. The van der Waals surface area contributed by atoms with Crippen LogP contribution in [-0.2, 0) is 4.74 Å². The maximum atomic E-state index is 11.3. The second-order valence-electron chi connectivity index (χ2n) is 2.88. The molecule has 0 aliphatic rings. The van der Waals surface area contributed by atoms with Crippen LogP contribution >= 0.6 is 0 Å². The van der Waals surface area contributed by atoms with E-state index in [1.807, 2.05) is 44.1 Å². The van der Waals surface area contributed by atoms with E-state index in [4.69, 9.17) is 4.74 Å². The topological polar surface area (TPSA) is 26.3 Å². The van der Waals surface area contributed by atoms with Crippen molar-refractivity contribution in [1.82, 2.24) is 0 Å². The first-order valence-corrected chi connectivity index (χ1v) is 4.47. The molecule has 0 radical (unpaired) electrons. The van der Waals surface area contributed by atoms with Crippen molar-refractivity contribution in [3.63, 3.8) is 0 Å². The van der Waals surface area contributed by atoms with Crippen molar-refractivity contribution in [2.75, 3.05) is 6.61 Å². The van der Waals surface area contributed by atoms with E-state index >= 15 is 0 Å². The lowest BCUT2D eigenvalue weighted by Gasteiger charge is -2.06. The number of carbonyl (C=O) groups is 1. The quantitative estimate of drug-likeness (QED) is 0.655. The highest BCUT2D eigenvalue weighted by Crippen LogP contribution is 1.93. The van der Waals surface area contributed by atoms with E-state index in [0.29, 0.717) is 6.61 Å². The van der Waals surface area contributed by atoms with E-state index in [9.17, 15) is 4.79 Å². The lowest BCUT2D eigenvalue weighted by atomic mass is 9.47. The zero-order valence-corrected chi connectivity index (χ0v) is 7.99. The summed E-state index contributed by atoms with van der Waals surface area (Å²) in [6, 6.07) is 9.64. The number of hydrogen-bond donors (Lipinski definition) is 0. The molecule has 68 valence electrons. The Labute approximate surface area is 79.0 Å². The standard InChI is InChI=1S/C10H13BO2/c1-3-13-10(12)11(2)9-7-5-4-6-8-9/h4-8H,3H2,1-2H3. The van der Waals surface area contributed by atoms with Crippen LogP contribution in [-0.4, -0.2) is 19.2 Å². The van der Waals surface area contributed by atoms with Gasteiger partial charge in [0.1, 0.15) is 0 Å². The molecule has 1 rings (SSSR count). The van der Waals surface area contributed by atoms with Gasteiger partial charge in [0.25, 0.3) is 5.87 Å². The van der Waals surface area contributed by atoms with Crippen LogP contribution in [0.15, 0.2) is 30.3 Å². The van der Waals surface area contributed by atoms with Crippen LogP contribution in [0.1, 0.15) is 6.92 Å². The highest BCUT2D eigenvalue weighted by atomic mass is 16.5. The Kier molecular flexibility index (Phi) is 3.56. The fourth-order valence-corrected chi connectivity index (χ4v) is 1.15. The Morgan fingerprint density at radius 3 is 2.54 bits per heavy atom. The highest BCUT2D eigenvalue weighted by Gasteiger charge is 2.20. The molecule has 0 atom stereocenters. The van der Waals surface area contributed by atoms with Crippen molar-refractivity contribution in [1.29, 1.82) is 0 Å². The molecule has 0 aromatic heterocycles. The Hall–Kier alpha value is -1.25. The fourth-order valence-electron chi connectivity index (χ4n) is 1.15. The zero-order chi connectivity index (χ0) is 9.68. The van der Waals surface area contributed by atoms with Crippen molar-refractivity contribution in [3.8, 4) is 0 Å². The minimum atomic E-state index is -0.166. The summed E-state index contributed by atoms with van der Waals surface area (Å²) >= 11 is 0. The van der Waals surface area contributed by atoms with Crippen LogP contribution in [0.25, 0.3) is 0 Å². The van der Waals surface area contributed by atoms with Crippen LogP contribution in [0.3, 0.4) is 0 Å². The van der Waals surface area contributed by atoms with Gasteiger partial charge >= 0.3 is 6.71 Å². The van der Waals surface area contributed by atoms with E-state index in [1.54, 1.807) is 0 Å². The first-order chi connectivity index (χ1) is 6.25. The van der Waals surface area contributed by atoms with Gasteiger partial charge in [-0.3, -0.25) is 4.79 Å². The van der Waals surface area contributed by atoms with Crippen molar-refractivity contribution in [2.24, 2.45) is 0 Å². The first kappa shape index (κ1) is 9.84. The van der Waals surface area contributed by atoms with E-state index in [-0.39, 0.29) is 12.6 Å². The van der Waals surface area contributed by atoms with Gasteiger partial charge in [-0.15, -0.1) is 0 Å². The van der Waals surface area contributed by atoms with Gasteiger partial charge in [0.15, 0.2) is 0 Å². The molecule has 0 saturated heterocycles. The summed E-state index contributed by atoms with van der Waals surface area (Å²) in [6.45, 7) is 3.94. The summed E-state index contributed by atoms with van der Waals surface area (Å²) in [7, 11) is 0. The van der Waals surface area contributed by atoms with Crippen molar-refractivity contribution >= 4 is 18.0 Å². The van der Waals surface area contributed by atoms with Gasteiger partial charge in [0.2, 0.25) is 0 Å². The number of hydrogen-bond acceptors (Lipinski definition) is 2. The molecule has 0 saturated carbocycles. The maximum absolute atomic E-state index is 11.3. The Balaban J connectivity index is 2.68. The Bertz CT molecular complexity index is 272. The van der Waals surface area contributed by atoms with E-state index in [0.717, 1.165) is 5.46 Å². The lowest BCUT2D eigenvalue weighted by Crippen LogP contribution is -2.36. The molecule has 0 aliphatic heterocycles. The van der Waals surface area contributed by atoms with Gasteiger partial charge in [-0.25, -0.2) is 0 Å². The average Bonchev–Trinajstić information content (AvgIpc) is 2.18. The average molecular weight is 176 g/mol. The molecule has 3 heteroatoms. The van der Waals surface area contributed by atoms with Gasteiger partial charge in [-0.2, -0.15) is 0 Å². The second-order valence-corrected chi connectivity index (χ2v) is 2.88. The molecule has 0 heterocycles. The molecule has 0 bridgehead atoms. The lowest BCUT2D eigenvalue weighted by molar-refractivity contribution is 0.178. The molecule has 1 aromatic carbocycles. The smallest absolute Gasteiger partial charge is 0.307 e. The Morgan fingerprint density at radius 1 is 1.38 bits per heavy atom. The minimum absolute atomic E-state index is 0.159. The van der Waals surface area contributed by atoms with Crippen molar-refractivity contribution < 1.29 is 9.53 Å². The first-order valence-electron chi connectivity index (χ1n) is 4.47. The van der Waals surface area contributed by atoms with Gasteiger partial charge < -0.3 is 4.74 Å². The summed E-state index contributed by atoms with van der Waals surface area (Å²) in [4.78, 5) is 11.3. The SMILES string of the molecule is CCOC(=O)B(C)c1ccccc1. The third kappa shape index (κ3) is 2.62. The van der Waals surface area contributed by atoms with Gasteiger partial charge in [-0.05, 0) is 6.92 Å². The molecule has 0 fully saturated rings. The third-order valence-electron chi connectivity index (χ3n) is 1.94. The number of benzene rings is 1. The zero-order valence-electron chi connectivity index (χ0n) is 7.99. The van der Waals surface area contributed by atoms with Crippen LogP contribution in [0.2, 0.25) is 6.82 Å². The van der Waals surface area contributed by atoms with E-state index in [2.05, 4.69) is 0 Å². The predicted octanol–water partition coefficient (Wildman–Crippen LogP) is 1.76. The molecule has 0 amide bonds. The minimum Gasteiger partial charge on any atom is -0.474 e. The molecule has 0 N–H and O–H groups in total. The summed E-state index contributed by atoms with van der Waals surface area (Å²) in [5.74, 6) is -0.159. The molecular formula is C10H13BO2. The maximum Gasteiger partial charge on any atom is 0.307 e. The van der Waals surface area contributed by atoms with Crippen molar-refractivity contribution in [3.05, 3.63) is 30.3 Å².